The second-order valence-corrected chi connectivity index (χ2v) is 4.93. The summed E-state index contributed by atoms with van der Waals surface area (Å²) < 4.78 is 5.34. The van der Waals surface area contributed by atoms with Crippen molar-refractivity contribution in [3.05, 3.63) is 23.3 Å². The van der Waals surface area contributed by atoms with E-state index in [0.717, 1.165) is 43.1 Å². The molecule has 0 spiro atoms. The second kappa shape index (κ2) is 5.11. The first-order valence-electron chi connectivity index (χ1n) is 5.73. The lowest BCUT2D eigenvalue weighted by Crippen LogP contribution is -2.17. The maximum absolute atomic E-state index is 6.05. The Balaban J connectivity index is 2.19. The van der Waals surface area contributed by atoms with Gasteiger partial charge >= 0.3 is 0 Å². The van der Waals surface area contributed by atoms with Crippen LogP contribution >= 0.6 is 11.6 Å². The van der Waals surface area contributed by atoms with Crippen LogP contribution in [0.4, 0.5) is 0 Å². The van der Waals surface area contributed by atoms with Crippen LogP contribution in [0.1, 0.15) is 48.1 Å². The van der Waals surface area contributed by atoms with E-state index in [2.05, 4.69) is 9.97 Å². The fraction of sp³-hybridized carbons (Fsp3) is 0.667. The van der Waals surface area contributed by atoms with Gasteiger partial charge in [0.15, 0.2) is 0 Å². The fourth-order valence-corrected chi connectivity index (χ4v) is 2.25. The topological polar surface area (TPSA) is 35.0 Å². The summed E-state index contributed by atoms with van der Waals surface area (Å²) in [6.07, 6.45) is 3.91. The molecular weight excluding hydrogens is 224 g/mol. The molecule has 3 nitrogen and oxygen atoms in total. The van der Waals surface area contributed by atoms with Gasteiger partial charge in [-0.1, -0.05) is 0 Å². The summed E-state index contributed by atoms with van der Waals surface area (Å²) in [7, 11) is 0. The average Bonchev–Trinajstić information content (AvgIpc) is 2.29. The summed E-state index contributed by atoms with van der Waals surface area (Å²) in [5.74, 6) is 1.40. The molecule has 4 heteroatoms. The van der Waals surface area contributed by atoms with Crippen LogP contribution in [0.15, 0.2) is 6.20 Å². The Bertz CT molecular complexity index is 362. The summed E-state index contributed by atoms with van der Waals surface area (Å²) in [5, 5.41) is -0.0243. The Morgan fingerprint density at radius 3 is 2.69 bits per heavy atom. The van der Waals surface area contributed by atoms with Crippen LogP contribution < -0.4 is 0 Å². The van der Waals surface area contributed by atoms with Gasteiger partial charge in [0.2, 0.25) is 0 Å². The Labute approximate surface area is 101 Å². The van der Waals surface area contributed by atoms with Gasteiger partial charge in [-0.3, -0.25) is 0 Å². The Hall–Kier alpha value is -0.670. The average molecular weight is 241 g/mol. The molecule has 0 bridgehead atoms. The Morgan fingerprint density at radius 1 is 1.44 bits per heavy atom. The molecule has 1 aliphatic rings. The van der Waals surface area contributed by atoms with Gasteiger partial charge in [0, 0.05) is 36.6 Å². The van der Waals surface area contributed by atoms with E-state index >= 15 is 0 Å². The zero-order chi connectivity index (χ0) is 11.5. The number of aryl methyl sites for hydroxylation is 1. The number of hydrogen-bond acceptors (Lipinski definition) is 3. The third kappa shape index (κ3) is 2.53. The Morgan fingerprint density at radius 2 is 2.12 bits per heavy atom. The van der Waals surface area contributed by atoms with Crippen LogP contribution in [-0.4, -0.2) is 23.2 Å². The second-order valence-electron chi connectivity index (χ2n) is 4.27. The van der Waals surface area contributed by atoms with Crippen molar-refractivity contribution in [3.8, 4) is 0 Å². The molecule has 16 heavy (non-hydrogen) atoms. The predicted octanol–water partition coefficient (Wildman–Crippen LogP) is 2.98. The summed E-state index contributed by atoms with van der Waals surface area (Å²) in [4.78, 5) is 9.00. The van der Waals surface area contributed by atoms with E-state index in [1.54, 1.807) is 0 Å². The molecule has 1 atom stereocenters. The van der Waals surface area contributed by atoms with Crippen LogP contribution in [0.5, 0.6) is 0 Å². The molecule has 0 N–H and O–H groups in total. The maximum Gasteiger partial charge on any atom is 0.131 e. The van der Waals surface area contributed by atoms with E-state index in [4.69, 9.17) is 16.3 Å². The highest BCUT2D eigenvalue weighted by Crippen LogP contribution is 2.26. The summed E-state index contributed by atoms with van der Waals surface area (Å²) in [6, 6.07) is 0. The molecule has 0 saturated carbocycles. The van der Waals surface area contributed by atoms with Crippen LogP contribution in [0.3, 0.4) is 0 Å². The van der Waals surface area contributed by atoms with E-state index in [1.165, 1.54) is 0 Å². The summed E-state index contributed by atoms with van der Waals surface area (Å²) in [5.41, 5.74) is 2.02. The van der Waals surface area contributed by atoms with Gasteiger partial charge in [-0.05, 0) is 26.7 Å². The minimum absolute atomic E-state index is 0.0243. The highest BCUT2D eigenvalue weighted by atomic mass is 35.5. The lowest BCUT2D eigenvalue weighted by molar-refractivity contribution is 0.0835. The highest BCUT2D eigenvalue weighted by molar-refractivity contribution is 6.20. The molecule has 2 rings (SSSR count). The number of hydrogen-bond donors (Lipinski definition) is 0. The normalized spacial score (nSPS) is 19.7. The number of nitrogens with zero attached hydrogens (tertiary/aromatic N) is 2. The predicted molar refractivity (Wildman–Crippen MR) is 63.8 cm³/mol. The van der Waals surface area contributed by atoms with E-state index in [1.807, 2.05) is 20.0 Å². The van der Waals surface area contributed by atoms with Crippen molar-refractivity contribution in [2.75, 3.05) is 13.2 Å². The van der Waals surface area contributed by atoms with Gasteiger partial charge in [0.05, 0.1) is 5.38 Å². The van der Waals surface area contributed by atoms with Crippen molar-refractivity contribution in [3.63, 3.8) is 0 Å². The molecule has 1 unspecified atom stereocenters. The monoisotopic (exact) mass is 240 g/mol. The van der Waals surface area contributed by atoms with Crippen LogP contribution in [0.2, 0.25) is 0 Å². The standard InChI is InChI=1S/C12H17ClN2O/c1-8(13)11-7-14-12(15-9(11)2)10-3-5-16-6-4-10/h7-8,10H,3-6H2,1-2H3. The SMILES string of the molecule is Cc1nc(C2CCOCC2)ncc1C(C)Cl. The molecular formula is C12H17ClN2O. The first kappa shape index (κ1) is 11.8. The van der Waals surface area contributed by atoms with E-state index in [0.29, 0.717) is 5.92 Å². The molecule has 0 amide bonds. The molecule has 0 aliphatic carbocycles. The fourth-order valence-electron chi connectivity index (χ4n) is 2.04. The maximum atomic E-state index is 6.05. The number of halogens is 1. The largest absolute Gasteiger partial charge is 0.381 e. The van der Waals surface area contributed by atoms with Gasteiger partial charge in [-0.2, -0.15) is 0 Å². The molecule has 88 valence electrons. The van der Waals surface area contributed by atoms with Crippen molar-refractivity contribution >= 4 is 11.6 Å². The van der Waals surface area contributed by atoms with E-state index in [9.17, 15) is 0 Å². The molecule has 1 fully saturated rings. The van der Waals surface area contributed by atoms with Crippen molar-refractivity contribution < 1.29 is 4.74 Å². The summed E-state index contributed by atoms with van der Waals surface area (Å²) in [6.45, 7) is 5.58. The zero-order valence-electron chi connectivity index (χ0n) is 9.74. The molecule has 1 aliphatic heterocycles. The van der Waals surface area contributed by atoms with Gasteiger partial charge in [-0.25, -0.2) is 9.97 Å². The first-order valence-corrected chi connectivity index (χ1v) is 6.17. The van der Waals surface area contributed by atoms with Crippen molar-refractivity contribution in [2.24, 2.45) is 0 Å². The minimum Gasteiger partial charge on any atom is -0.381 e. The van der Waals surface area contributed by atoms with Crippen molar-refractivity contribution in [1.29, 1.82) is 0 Å². The highest BCUT2D eigenvalue weighted by Gasteiger charge is 2.19. The Kier molecular flexibility index (Phi) is 3.77. The lowest BCUT2D eigenvalue weighted by Gasteiger charge is -2.21. The van der Waals surface area contributed by atoms with Gasteiger partial charge in [0.1, 0.15) is 5.82 Å². The molecule has 1 saturated heterocycles. The number of aromatic nitrogens is 2. The zero-order valence-corrected chi connectivity index (χ0v) is 10.5. The van der Waals surface area contributed by atoms with Crippen LogP contribution in [0, 0.1) is 6.92 Å². The van der Waals surface area contributed by atoms with E-state index < -0.39 is 0 Å². The van der Waals surface area contributed by atoms with E-state index in [-0.39, 0.29) is 5.38 Å². The molecule has 1 aromatic rings. The molecule has 2 heterocycles. The van der Waals surface area contributed by atoms with Gasteiger partial charge < -0.3 is 4.74 Å². The number of rotatable bonds is 2. The minimum atomic E-state index is -0.0243. The third-order valence-corrected chi connectivity index (χ3v) is 3.29. The number of ether oxygens (including phenoxy) is 1. The van der Waals surface area contributed by atoms with Gasteiger partial charge in [0.25, 0.3) is 0 Å². The smallest absolute Gasteiger partial charge is 0.131 e. The molecule has 0 radical (unpaired) electrons. The van der Waals surface area contributed by atoms with Crippen LogP contribution in [-0.2, 0) is 4.74 Å². The quantitative estimate of drug-likeness (QED) is 0.746. The molecule has 1 aromatic heterocycles. The van der Waals surface area contributed by atoms with Crippen molar-refractivity contribution in [2.45, 2.75) is 38.0 Å². The van der Waals surface area contributed by atoms with Gasteiger partial charge in [-0.15, -0.1) is 11.6 Å². The van der Waals surface area contributed by atoms with Crippen LogP contribution in [0.25, 0.3) is 0 Å². The third-order valence-electron chi connectivity index (χ3n) is 3.05. The lowest BCUT2D eigenvalue weighted by atomic mass is 9.99. The summed E-state index contributed by atoms with van der Waals surface area (Å²) >= 11 is 6.05. The first-order chi connectivity index (χ1) is 7.68. The van der Waals surface area contributed by atoms with Crippen molar-refractivity contribution in [1.82, 2.24) is 9.97 Å². The number of alkyl halides is 1. The molecule has 0 aromatic carbocycles.